The van der Waals surface area contributed by atoms with Crippen molar-refractivity contribution in [3.63, 3.8) is 0 Å². The second-order valence-electron chi connectivity index (χ2n) is 3.45. The molecule has 0 spiro atoms. The molecule has 1 N–H and O–H groups in total. The molecule has 0 heterocycles. The summed E-state index contributed by atoms with van der Waals surface area (Å²) in [6, 6.07) is 0.792. The minimum atomic E-state index is 0.792. The summed E-state index contributed by atoms with van der Waals surface area (Å²) in [5.41, 5.74) is 0. The minimum absolute atomic E-state index is 0.792. The molecule has 9 heavy (non-hydrogen) atoms. The van der Waals surface area contributed by atoms with Crippen LogP contribution >= 0.6 is 0 Å². The van der Waals surface area contributed by atoms with Crippen LogP contribution < -0.4 is 5.32 Å². The zero-order valence-electron chi connectivity index (χ0n) is 6.65. The van der Waals surface area contributed by atoms with Crippen LogP contribution in [0.3, 0.4) is 0 Å². The molecule has 0 aliphatic heterocycles. The van der Waals surface area contributed by atoms with E-state index in [0.29, 0.717) is 0 Å². The molecule has 0 aromatic carbocycles. The average molecular weight is 127 g/mol. The van der Waals surface area contributed by atoms with Crippen LogP contribution in [0.1, 0.15) is 26.7 Å². The SMILES string of the molecule is CNC1CC(C)C[C@@H]1C. The number of rotatable bonds is 1. The third kappa shape index (κ3) is 1.45. The Morgan fingerprint density at radius 1 is 1.22 bits per heavy atom. The van der Waals surface area contributed by atoms with E-state index < -0.39 is 0 Å². The maximum atomic E-state index is 3.34. The first kappa shape index (κ1) is 7.07. The van der Waals surface area contributed by atoms with Crippen molar-refractivity contribution in [1.29, 1.82) is 0 Å². The highest BCUT2D eigenvalue weighted by molar-refractivity contribution is 4.82. The summed E-state index contributed by atoms with van der Waals surface area (Å²) in [7, 11) is 2.07. The van der Waals surface area contributed by atoms with Gasteiger partial charge in [0.1, 0.15) is 0 Å². The maximum absolute atomic E-state index is 3.34. The average Bonchev–Trinajstić information content (AvgIpc) is 2.10. The van der Waals surface area contributed by atoms with Gasteiger partial charge >= 0.3 is 0 Å². The fourth-order valence-corrected chi connectivity index (χ4v) is 1.96. The van der Waals surface area contributed by atoms with E-state index >= 15 is 0 Å². The topological polar surface area (TPSA) is 12.0 Å². The molecule has 3 atom stereocenters. The minimum Gasteiger partial charge on any atom is -0.317 e. The van der Waals surface area contributed by atoms with Crippen molar-refractivity contribution >= 4 is 0 Å². The molecule has 0 saturated heterocycles. The van der Waals surface area contributed by atoms with Crippen LogP contribution in [0.15, 0.2) is 0 Å². The van der Waals surface area contributed by atoms with Crippen molar-refractivity contribution in [3.8, 4) is 0 Å². The van der Waals surface area contributed by atoms with Gasteiger partial charge in [-0.2, -0.15) is 0 Å². The molecular formula is C8H17N. The number of hydrogen-bond acceptors (Lipinski definition) is 1. The Morgan fingerprint density at radius 3 is 2.11 bits per heavy atom. The molecule has 0 amide bonds. The molecule has 54 valence electrons. The lowest BCUT2D eigenvalue weighted by Crippen LogP contribution is -2.27. The Labute approximate surface area is 57.8 Å². The lowest BCUT2D eigenvalue weighted by Gasteiger charge is -2.12. The van der Waals surface area contributed by atoms with Crippen molar-refractivity contribution in [1.82, 2.24) is 5.32 Å². The summed E-state index contributed by atoms with van der Waals surface area (Å²) in [5.74, 6) is 1.84. The van der Waals surface area contributed by atoms with E-state index in [1.54, 1.807) is 0 Å². The molecule has 1 saturated carbocycles. The molecule has 2 unspecified atom stereocenters. The Balaban J connectivity index is 2.38. The third-order valence-corrected chi connectivity index (χ3v) is 2.49. The van der Waals surface area contributed by atoms with E-state index in [9.17, 15) is 0 Å². The molecule has 0 bridgehead atoms. The van der Waals surface area contributed by atoms with Gasteiger partial charge in [0.25, 0.3) is 0 Å². The summed E-state index contributed by atoms with van der Waals surface area (Å²) in [5, 5.41) is 3.34. The van der Waals surface area contributed by atoms with Crippen molar-refractivity contribution in [2.75, 3.05) is 7.05 Å². The van der Waals surface area contributed by atoms with E-state index in [2.05, 4.69) is 26.2 Å². The van der Waals surface area contributed by atoms with Gasteiger partial charge in [0.05, 0.1) is 0 Å². The normalized spacial score (nSPS) is 43.7. The van der Waals surface area contributed by atoms with Crippen LogP contribution in [0, 0.1) is 11.8 Å². The molecule has 0 aromatic heterocycles. The number of hydrogen-bond donors (Lipinski definition) is 1. The third-order valence-electron chi connectivity index (χ3n) is 2.49. The standard InChI is InChI=1S/C8H17N/c1-6-4-7(2)8(5-6)9-3/h6-9H,4-5H2,1-3H3/t6?,7-,8?/m0/s1. The monoisotopic (exact) mass is 127 g/mol. The van der Waals surface area contributed by atoms with Crippen LogP contribution in [0.5, 0.6) is 0 Å². The van der Waals surface area contributed by atoms with Crippen molar-refractivity contribution in [3.05, 3.63) is 0 Å². The molecule has 1 rings (SSSR count). The summed E-state index contributed by atoms with van der Waals surface area (Å²) < 4.78 is 0. The van der Waals surface area contributed by atoms with Crippen LogP contribution in [0.4, 0.5) is 0 Å². The lowest BCUT2D eigenvalue weighted by atomic mass is 10.1. The Kier molecular flexibility index (Phi) is 2.12. The van der Waals surface area contributed by atoms with E-state index in [1.807, 2.05) is 0 Å². The van der Waals surface area contributed by atoms with Crippen LogP contribution in [-0.2, 0) is 0 Å². The zero-order valence-corrected chi connectivity index (χ0v) is 6.65. The van der Waals surface area contributed by atoms with Gasteiger partial charge in [0, 0.05) is 6.04 Å². The van der Waals surface area contributed by atoms with E-state index in [-0.39, 0.29) is 0 Å². The largest absolute Gasteiger partial charge is 0.317 e. The zero-order chi connectivity index (χ0) is 6.85. The molecular weight excluding hydrogens is 110 g/mol. The second kappa shape index (κ2) is 2.70. The molecule has 0 radical (unpaired) electrons. The van der Waals surface area contributed by atoms with Gasteiger partial charge in [-0.3, -0.25) is 0 Å². The summed E-state index contributed by atoms with van der Waals surface area (Å²) >= 11 is 0. The summed E-state index contributed by atoms with van der Waals surface area (Å²) in [6.45, 7) is 4.68. The van der Waals surface area contributed by atoms with Crippen LogP contribution in [0.2, 0.25) is 0 Å². The molecule has 1 aliphatic carbocycles. The predicted molar refractivity (Wildman–Crippen MR) is 40.4 cm³/mol. The van der Waals surface area contributed by atoms with E-state index in [0.717, 1.165) is 17.9 Å². The van der Waals surface area contributed by atoms with Gasteiger partial charge in [-0.15, -0.1) is 0 Å². The Morgan fingerprint density at radius 2 is 1.89 bits per heavy atom. The van der Waals surface area contributed by atoms with Gasteiger partial charge in [-0.25, -0.2) is 0 Å². The first-order valence-electron chi connectivity index (χ1n) is 3.91. The van der Waals surface area contributed by atoms with E-state index in [1.165, 1.54) is 12.8 Å². The highest BCUT2D eigenvalue weighted by Crippen LogP contribution is 2.29. The van der Waals surface area contributed by atoms with Gasteiger partial charge in [0.2, 0.25) is 0 Å². The second-order valence-corrected chi connectivity index (χ2v) is 3.45. The van der Waals surface area contributed by atoms with Crippen LogP contribution in [-0.4, -0.2) is 13.1 Å². The lowest BCUT2D eigenvalue weighted by molar-refractivity contribution is 0.459. The molecule has 1 aliphatic rings. The van der Waals surface area contributed by atoms with Gasteiger partial charge < -0.3 is 5.32 Å². The van der Waals surface area contributed by atoms with Crippen LogP contribution in [0.25, 0.3) is 0 Å². The highest BCUT2D eigenvalue weighted by atomic mass is 14.9. The van der Waals surface area contributed by atoms with Crippen molar-refractivity contribution < 1.29 is 0 Å². The van der Waals surface area contributed by atoms with E-state index in [4.69, 9.17) is 0 Å². The molecule has 1 fully saturated rings. The van der Waals surface area contributed by atoms with Gasteiger partial charge in [-0.1, -0.05) is 13.8 Å². The highest BCUT2D eigenvalue weighted by Gasteiger charge is 2.26. The smallest absolute Gasteiger partial charge is 0.00923 e. The number of nitrogens with one attached hydrogen (secondary N) is 1. The Hall–Kier alpha value is -0.0400. The maximum Gasteiger partial charge on any atom is 0.00923 e. The first-order valence-corrected chi connectivity index (χ1v) is 3.91. The van der Waals surface area contributed by atoms with Crippen molar-refractivity contribution in [2.24, 2.45) is 11.8 Å². The molecule has 1 heteroatoms. The fourth-order valence-electron chi connectivity index (χ4n) is 1.96. The summed E-state index contributed by atoms with van der Waals surface area (Å²) in [6.07, 6.45) is 2.78. The Bertz CT molecular complexity index is 90.6. The van der Waals surface area contributed by atoms with Crippen molar-refractivity contribution in [2.45, 2.75) is 32.7 Å². The molecule has 0 aromatic rings. The first-order chi connectivity index (χ1) is 4.24. The fraction of sp³-hybridized carbons (Fsp3) is 1.00. The summed E-state index contributed by atoms with van der Waals surface area (Å²) in [4.78, 5) is 0. The predicted octanol–water partition coefficient (Wildman–Crippen LogP) is 1.64. The van der Waals surface area contributed by atoms with Gasteiger partial charge in [-0.05, 0) is 31.7 Å². The van der Waals surface area contributed by atoms with Gasteiger partial charge in [0.15, 0.2) is 0 Å². The molecule has 1 nitrogen and oxygen atoms in total. The quantitative estimate of drug-likeness (QED) is 0.564.